The summed E-state index contributed by atoms with van der Waals surface area (Å²) in [7, 11) is 0. The minimum atomic E-state index is -1.44. The lowest BCUT2D eigenvalue weighted by Crippen LogP contribution is -2.62. The van der Waals surface area contributed by atoms with Gasteiger partial charge in [0.25, 0.3) is 0 Å². The Balaban J connectivity index is 1.34. The molecule has 2 aliphatic rings. The van der Waals surface area contributed by atoms with Crippen LogP contribution in [-0.4, -0.2) is 78.2 Å². The number of carbonyl (C=O) groups excluding carboxylic acids is 2. The highest BCUT2D eigenvalue weighted by atomic mass is 16.8. The van der Waals surface area contributed by atoms with Crippen LogP contribution in [0.3, 0.4) is 0 Å². The van der Waals surface area contributed by atoms with Gasteiger partial charge in [-0.25, -0.2) is 4.79 Å². The quantitative estimate of drug-likeness (QED) is 0.0351. The molecule has 0 bridgehead atoms. The highest BCUT2D eigenvalue weighted by Crippen LogP contribution is 2.34. The average molecular weight is 892 g/mol. The van der Waals surface area contributed by atoms with Gasteiger partial charge in [-0.05, 0) is 37.5 Å². The van der Waals surface area contributed by atoms with Crippen LogP contribution in [0.1, 0.15) is 203 Å². The maximum absolute atomic E-state index is 13.6. The van der Waals surface area contributed by atoms with Crippen LogP contribution in [0.4, 0.5) is 0 Å². The van der Waals surface area contributed by atoms with Crippen LogP contribution in [0.2, 0.25) is 0 Å². The van der Waals surface area contributed by atoms with Gasteiger partial charge in [0.2, 0.25) is 5.91 Å². The Kier molecular flexibility index (Phi) is 27.9. The highest BCUT2D eigenvalue weighted by Gasteiger charge is 2.49. The number of amides is 1. The number of benzene rings is 2. The number of esters is 1. The summed E-state index contributed by atoms with van der Waals surface area (Å²) in [5, 5.41) is 25.7. The summed E-state index contributed by atoms with van der Waals surface area (Å²) in [6.45, 7) is 4.47. The van der Waals surface area contributed by atoms with Gasteiger partial charge in [0, 0.05) is 12.0 Å². The minimum absolute atomic E-state index is 0.117. The zero-order valence-electron chi connectivity index (χ0n) is 39.6. The lowest BCUT2D eigenvalue weighted by molar-refractivity contribution is -0.362. The molecular formula is C54H85NO9. The van der Waals surface area contributed by atoms with Crippen molar-refractivity contribution >= 4 is 11.9 Å². The molecule has 10 heteroatoms. The van der Waals surface area contributed by atoms with Gasteiger partial charge in [-0.3, -0.25) is 4.79 Å². The van der Waals surface area contributed by atoms with Gasteiger partial charge in [0.15, 0.2) is 12.6 Å². The fourth-order valence-electron chi connectivity index (χ4n) is 8.67. The van der Waals surface area contributed by atoms with E-state index in [1.807, 2.05) is 48.6 Å². The second-order valence-corrected chi connectivity index (χ2v) is 18.2. The molecule has 0 saturated carbocycles. The molecule has 2 aliphatic heterocycles. The molecule has 3 N–H and O–H groups in total. The van der Waals surface area contributed by atoms with Crippen molar-refractivity contribution in [1.29, 1.82) is 0 Å². The Labute approximate surface area is 386 Å². The molecule has 2 saturated heterocycles. The second kappa shape index (κ2) is 33.4. The molecule has 360 valence electrons. The monoisotopic (exact) mass is 892 g/mol. The second-order valence-electron chi connectivity index (χ2n) is 18.2. The van der Waals surface area contributed by atoms with Crippen molar-refractivity contribution in [2.45, 2.75) is 230 Å². The normalized spacial score (nSPS) is 21.9. The topological polar surface area (TPSA) is 133 Å². The molecule has 2 aromatic rings. The molecule has 8 atom stereocenters. The molecular weight excluding hydrogens is 807 g/mol. The molecule has 1 unspecified atom stereocenters. The SMILES string of the molecule is CCCCCCCCCCCCC/C=C/[C@@H](OC(=O)c1ccccc1)[C@H](CO[C@@H]1O[C@@H]2COC(c3ccccc3)O[C@@H]2[C@H](O)[C@H]1O)NC(=O)CCCCCCCCCCCCCCC. The number of ether oxygens (including phenoxy) is 5. The summed E-state index contributed by atoms with van der Waals surface area (Å²) in [6.07, 6.45) is 27.5. The van der Waals surface area contributed by atoms with E-state index in [0.29, 0.717) is 12.0 Å². The van der Waals surface area contributed by atoms with E-state index in [9.17, 15) is 19.8 Å². The number of rotatable bonds is 35. The van der Waals surface area contributed by atoms with Crippen molar-refractivity contribution in [2.24, 2.45) is 0 Å². The Morgan fingerprint density at radius 2 is 1.19 bits per heavy atom. The fourth-order valence-corrected chi connectivity index (χ4v) is 8.67. The minimum Gasteiger partial charge on any atom is -0.452 e. The van der Waals surface area contributed by atoms with E-state index in [1.54, 1.807) is 24.3 Å². The maximum Gasteiger partial charge on any atom is 0.338 e. The van der Waals surface area contributed by atoms with Crippen LogP contribution >= 0.6 is 0 Å². The molecule has 0 aromatic heterocycles. The van der Waals surface area contributed by atoms with Crippen molar-refractivity contribution in [3.8, 4) is 0 Å². The van der Waals surface area contributed by atoms with Crippen molar-refractivity contribution in [2.75, 3.05) is 13.2 Å². The standard InChI is InChI=1S/C54H85NO9/c1-3-5-7-9-11-13-15-17-19-21-23-25-33-39-46(62-52(59)43-35-29-27-30-36-43)45(55-48(56)40-34-26-24-22-20-18-16-14-12-10-8-6-4-2)41-60-54-50(58)49(57)51-47(63-54)42-61-53(64-51)44-37-31-28-32-38-44/h27-33,35-39,45-47,49-51,53-54,57-58H,3-26,34,40-42H2,1-2H3,(H,55,56)/b39-33+/t45-,46+,47+,49+,50+,51-,53?,54+/m0/s1. The summed E-state index contributed by atoms with van der Waals surface area (Å²) >= 11 is 0. The van der Waals surface area contributed by atoms with E-state index < -0.39 is 55.1 Å². The Bertz CT molecular complexity index is 1510. The van der Waals surface area contributed by atoms with Crippen LogP contribution < -0.4 is 5.32 Å². The van der Waals surface area contributed by atoms with E-state index in [-0.39, 0.29) is 19.1 Å². The van der Waals surface area contributed by atoms with Gasteiger partial charge in [0.1, 0.15) is 30.5 Å². The predicted molar refractivity (Wildman–Crippen MR) is 255 cm³/mol. The number of unbranched alkanes of at least 4 members (excludes halogenated alkanes) is 23. The van der Waals surface area contributed by atoms with E-state index in [1.165, 1.54) is 122 Å². The van der Waals surface area contributed by atoms with Crippen LogP contribution in [0.25, 0.3) is 0 Å². The third-order valence-corrected chi connectivity index (χ3v) is 12.6. The Morgan fingerprint density at radius 1 is 0.672 bits per heavy atom. The zero-order valence-corrected chi connectivity index (χ0v) is 39.6. The van der Waals surface area contributed by atoms with Crippen LogP contribution in [0, 0.1) is 0 Å². The molecule has 4 rings (SSSR count). The van der Waals surface area contributed by atoms with Crippen molar-refractivity contribution in [3.63, 3.8) is 0 Å². The molecule has 0 spiro atoms. The third-order valence-electron chi connectivity index (χ3n) is 12.6. The average Bonchev–Trinajstić information content (AvgIpc) is 3.32. The lowest BCUT2D eigenvalue weighted by Gasteiger charge is -2.46. The first-order valence-corrected chi connectivity index (χ1v) is 25.6. The molecule has 0 aliphatic carbocycles. The predicted octanol–water partition coefficient (Wildman–Crippen LogP) is 12.0. The number of carbonyl (C=O) groups is 2. The fraction of sp³-hybridized carbons (Fsp3) is 0.704. The highest BCUT2D eigenvalue weighted by molar-refractivity contribution is 5.89. The first-order valence-electron chi connectivity index (χ1n) is 25.6. The van der Waals surface area contributed by atoms with Crippen molar-refractivity contribution < 1.29 is 43.5 Å². The Hall–Kier alpha value is -3.12. The number of fused-ring (bicyclic) bond motifs is 1. The van der Waals surface area contributed by atoms with Crippen LogP contribution in [0.5, 0.6) is 0 Å². The number of nitrogens with one attached hydrogen (secondary N) is 1. The van der Waals surface area contributed by atoms with E-state index >= 15 is 0 Å². The Morgan fingerprint density at radius 3 is 1.75 bits per heavy atom. The molecule has 10 nitrogen and oxygen atoms in total. The smallest absolute Gasteiger partial charge is 0.338 e. The van der Waals surface area contributed by atoms with Crippen LogP contribution in [-0.2, 0) is 28.5 Å². The molecule has 64 heavy (non-hydrogen) atoms. The van der Waals surface area contributed by atoms with Crippen LogP contribution in [0.15, 0.2) is 72.8 Å². The first-order chi connectivity index (χ1) is 31.4. The van der Waals surface area contributed by atoms with Gasteiger partial charge in [-0.1, -0.05) is 210 Å². The van der Waals surface area contributed by atoms with Crippen molar-refractivity contribution in [3.05, 3.63) is 83.9 Å². The molecule has 2 fully saturated rings. The molecule has 2 aromatic carbocycles. The number of hydrogen-bond donors (Lipinski definition) is 3. The maximum atomic E-state index is 13.6. The molecule has 1 amide bonds. The summed E-state index contributed by atoms with van der Waals surface area (Å²) in [5.74, 6) is -0.681. The van der Waals surface area contributed by atoms with Gasteiger partial charge in [-0.15, -0.1) is 0 Å². The largest absolute Gasteiger partial charge is 0.452 e. The third kappa shape index (κ3) is 21.0. The summed E-state index contributed by atoms with van der Waals surface area (Å²) in [5.41, 5.74) is 1.20. The number of allylic oxidation sites excluding steroid dienone is 1. The van der Waals surface area contributed by atoms with Gasteiger partial charge in [0.05, 0.1) is 24.8 Å². The number of hydrogen-bond acceptors (Lipinski definition) is 9. The number of aliphatic hydroxyl groups excluding tert-OH is 2. The van der Waals surface area contributed by atoms with Crippen molar-refractivity contribution in [1.82, 2.24) is 5.32 Å². The summed E-state index contributed by atoms with van der Waals surface area (Å²) in [4.78, 5) is 27.2. The van der Waals surface area contributed by atoms with E-state index in [4.69, 9.17) is 23.7 Å². The van der Waals surface area contributed by atoms with Gasteiger partial charge < -0.3 is 39.2 Å². The first kappa shape index (κ1) is 53.5. The van der Waals surface area contributed by atoms with E-state index in [0.717, 1.165) is 44.1 Å². The number of aliphatic hydroxyl groups is 2. The molecule has 0 radical (unpaired) electrons. The lowest BCUT2D eigenvalue weighted by atomic mass is 9.98. The molecule has 2 heterocycles. The summed E-state index contributed by atoms with van der Waals surface area (Å²) < 4.78 is 30.6. The van der Waals surface area contributed by atoms with Gasteiger partial charge in [-0.2, -0.15) is 0 Å². The summed E-state index contributed by atoms with van der Waals surface area (Å²) in [6, 6.07) is 17.4. The van der Waals surface area contributed by atoms with Gasteiger partial charge >= 0.3 is 5.97 Å². The van der Waals surface area contributed by atoms with E-state index in [2.05, 4.69) is 19.2 Å². The zero-order chi connectivity index (χ0) is 45.5.